The Morgan fingerprint density at radius 1 is 1.21 bits per heavy atom. The second-order valence-electron chi connectivity index (χ2n) is 3.31. The lowest BCUT2D eigenvalue weighted by atomic mass is 10.2. The van der Waals surface area contributed by atoms with Gasteiger partial charge in [0.25, 0.3) is 0 Å². The van der Waals surface area contributed by atoms with Crippen molar-refractivity contribution in [1.82, 2.24) is 0 Å². The molecule has 0 unspecified atom stereocenters. The van der Waals surface area contributed by atoms with Gasteiger partial charge in [0.1, 0.15) is 0 Å². The van der Waals surface area contributed by atoms with Crippen molar-refractivity contribution in [3.05, 3.63) is 0 Å². The van der Waals surface area contributed by atoms with Crippen molar-refractivity contribution in [2.45, 2.75) is 26.7 Å². The summed E-state index contributed by atoms with van der Waals surface area (Å²) >= 11 is 0. The monoisotopic (exact) mass is 202 g/mol. The Balaban J connectivity index is 3.77. The number of aliphatic carboxylic acids is 1. The molecular weight excluding hydrogens is 188 g/mol. The summed E-state index contributed by atoms with van der Waals surface area (Å²) in [4.78, 5) is 31.9. The molecule has 0 aliphatic carbocycles. The number of esters is 1. The van der Waals surface area contributed by atoms with Gasteiger partial charge in [-0.25, -0.2) is 4.79 Å². The van der Waals surface area contributed by atoms with E-state index in [1.54, 1.807) is 0 Å². The predicted molar refractivity (Wildman–Crippen MR) is 47.7 cm³/mol. The SMILES string of the molecule is CC(C)COC(=O)C(=O)CCC(=O)O. The van der Waals surface area contributed by atoms with E-state index in [-0.39, 0.29) is 25.4 Å². The van der Waals surface area contributed by atoms with Gasteiger partial charge in [-0.2, -0.15) is 0 Å². The van der Waals surface area contributed by atoms with Crippen LogP contribution in [0.5, 0.6) is 0 Å². The summed E-state index contributed by atoms with van der Waals surface area (Å²) < 4.78 is 4.62. The zero-order valence-corrected chi connectivity index (χ0v) is 8.28. The molecule has 5 heteroatoms. The molecule has 0 amide bonds. The van der Waals surface area contributed by atoms with E-state index in [1.165, 1.54) is 0 Å². The molecule has 0 atom stereocenters. The molecule has 0 heterocycles. The second kappa shape index (κ2) is 6.12. The summed E-state index contributed by atoms with van der Waals surface area (Å²) in [5.41, 5.74) is 0. The van der Waals surface area contributed by atoms with Gasteiger partial charge in [-0.3, -0.25) is 9.59 Å². The van der Waals surface area contributed by atoms with Crippen molar-refractivity contribution >= 4 is 17.7 Å². The molecule has 0 aromatic carbocycles. The average Bonchev–Trinajstić information content (AvgIpc) is 2.09. The van der Waals surface area contributed by atoms with Crippen molar-refractivity contribution < 1.29 is 24.2 Å². The fourth-order valence-electron chi connectivity index (χ4n) is 0.645. The molecule has 0 saturated heterocycles. The smallest absolute Gasteiger partial charge is 0.374 e. The Kier molecular flexibility index (Phi) is 5.52. The normalized spacial score (nSPS) is 9.93. The third-order valence-corrected chi connectivity index (χ3v) is 1.34. The summed E-state index contributed by atoms with van der Waals surface area (Å²) in [6, 6.07) is 0. The van der Waals surface area contributed by atoms with E-state index < -0.39 is 17.7 Å². The first kappa shape index (κ1) is 12.6. The van der Waals surface area contributed by atoms with E-state index in [9.17, 15) is 14.4 Å². The van der Waals surface area contributed by atoms with E-state index in [0.29, 0.717) is 0 Å². The Morgan fingerprint density at radius 3 is 2.21 bits per heavy atom. The van der Waals surface area contributed by atoms with Crippen molar-refractivity contribution in [3.63, 3.8) is 0 Å². The second-order valence-corrected chi connectivity index (χ2v) is 3.31. The number of Topliss-reactive ketones (excluding diaryl/α,β-unsaturated/α-hetero) is 1. The number of hydrogen-bond acceptors (Lipinski definition) is 4. The van der Waals surface area contributed by atoms with Gasteiger partial charge in [0.15, 0.2) is 0 Å². The van der Waals surface area contributed by atoms with Crippen molar-refractivity contribution in [3.8, 4) is 0 Å². The minimum atomic E-state index is -1.10. The number of carboxylic acid groups (broad SMARTS) is 1. The lowest BCUT2D eigenvalue weighted by Crippen LogP contribution is -2.20. The number of carboxylic acids is 1. The highest BCUT2D eigenvalue weighted by molar-refractivity contribution is 6.33. The maximum absolute atomic E-state index is 10.9. The van der Waals surface area contributed by atoms with E-state index in [1.807, 2.05) is 13.8 Å². The molecule has 0 aliphatic heterocycles. The highest BCUT2D eigenvalue weighted by atomic mass is 16.5. The number of rotatable bonds is 6. The van der Waals surface area contributed by atoms with Crippen LogP contribution in [0.15, 0.2) is 0 Å². The summed E-state index contributed by atoms with van der Waals surface area (Å²) in [6.45, 7) is 3.86. The summed E-state index contributed by atoms with van der Waals surface area (Å²) in [5, 5.41) is 8.26. The van der Waals surface area contributed by atoms with E-state index in [2.05, 4.69) is 4.74 Å². The molecule has 0 aromatic rings. The van der Waals surface area contributed by atoms with Crippen molar-refractivity contribution in [1.29, 1.82) is 0 Å². The minimum Gasteiger partial charge on any atom is -0.481 e. The molecule has 14 heavy (non-hydrogen) atoms. The predicted octanol–water partition coefficient (Wildman–Crippen LogP) is 0.620. The number of carbonyl (C=O) groups excluding carboxylic acids is 2. The molecule has 5 nitrogen and oxygen atoms in total. The maximum atomic E-state index is 10.9. The molecule has 0 bridgehead atoms. The third kappa shape index (κ3) is 6.16. The molecular formula is C9H14O5. The largest absolute Gasteiger partial charge is 0.481 e. The Morgan fingerprint density at radius 2 is 1.79 bits per heavy atom. The van der Waals surface area contributed by atoms with Gasteiger partial charge >= 0.3 is 11.9 Å². The number of ether oxygens (including phenoxy) is 1. The molecule has 0 aliphatic rings. The van der Waals surface area contributed by atoms with Crippen LogP contribution in [-0.2, 0) is 19.1 Å². The Bertz CT molecular complexity index is 231. The molecule has 1 N–H and O–H groups in total. The van der Waals surface area contributed by atoms with Gasteiger partial charge < -0.3 is 9.84 Å². The Labute approximate surface area is 82.1 Å². The summed E-state index contributed by atoms with van der Waals surface area (Å²) in [5.74, 6) is -2.67. The maximum Gasteiger partial charge on any atom is 0.374 e. The summed E-state index contributed by atoms with van der Waals surface area (Å²) in [6.07, 6.45) is -0.637. The van der Waals surface area contributed by atoms with Crippen LogP contribution in [0.2, 0.25) is 0 Å². The minimum absolute atomic E-state index is 0.159. The molecule has 0 fully saturated rings. The first-order valence-electron chi connectivity index (χ1n) is 4.35. The van der Waals surface area contributed by atoms with E-state index in [0.717, 1.165) is 0 Å². The molecule has 0 radical (unpaired) electrons. The molecule has 0 saturated carbocycles. The van der Waals surface area contributed by atoms with Crippen LogP contribution in [0.3, 0.4) is 0 Å². The van der Waals surface area contributed by atoms with Gasteiger partial charge in [-0.1, -0.05) is 13.8 Å². The zero-order valence-electron chi connectivity index (χ0n) is 8.28. The fraction of sp³-hybridized carbons (Fsp3) is 0.667. The van der Waals surface area contributed by atoms with Gasteiger partial charge in [0, 0.05) is 6.42 Å². The van der Waals surface area contributed by atoms with Crippen LogP contribution >= 0.6 is 0 Å². The first-order chi connectivity index (χ1) is 6.43. The van der Waals surface area contributed by atoms with E-state index >= 15 is 0 Å². The topological polar surface area (TPSA) is 80.7 Å². The van der Waals surface area contributed by atoms with E-state index in [4.69, 9.17) is 5.11 Å². The van der Waals surface area contributed by atoms with Crippen LogP contribution in [-0.4, -0.2) is 29.4 Å². The Hall–Kier alpha value is -1.39. The quantitative estimate of drug-likeness (QED) is 0.504. The van der Waals surface area contributed by atoms with Gasteiger partial charge in [-0.05, 0) is 5.92 Å². The molecule has 0 aromatic heterocycles. The van der Waals surface area contributed by atoms with Crippen LogP contribution < -0.4 is 0 Å². The molecule has 0 spiro atoms. The van der Waals surface area contributed by atoms with Crippen molar-refractivity contribution in [2.24, 2.45) is 5.92 Å². The van der Waals surface area contributed by atoms with Gasteiger partial charge in [-0.15, -0.1) is 0 Å². The zero-order chi connectivity index (χ0) is 11.1. The van der Waals surface area contributed by atoms with Crippen molar-refractivity contribution in [2.75, 3.05) is 6.61 Å². The third-order valence-electron chi connectivity index (χ3n) is 1.34. The van der Waals surface area contributed by atoms with Crippen LogP contribution in [0.1, 0.15) is 26.7 Å². The molecule has 80 valence electrons. The number of ketones is 1. The molecule has 0 rings (SSSR count). The lowest BCUT2D eigenvalue weighted by molar-refractivity contribution is -0.155. The van der Waals surface area contributed by atoms with Crippen LogP contribution in [0.4, 0.5) is 0 Å². The number of hydrogen-bond donors (Lipinski definition) is 1. The standard InChI is InChI=1S/C9H14O5/c1-6(2)5-14-9(13)7(10)3-4-8(11)12/h6H,3-5H2,1-2H3,(H,11,12). The highest BCUT2D eigenvalue weighted by Gasteiger charge is 2.16. The van der Waals surface area contributed by atoms with Gasteiger partial charge in [0.2, 0.25) is 5.78 Å². The van der Waals surface area contributed by atoms with Crippen LogP contribution in [0.25, 0.3) is 0 Å². The average molecular weight is 202 g/mol. The lowest BCUT2D eigenvalue weighted by Gasteiger charge is -2.05. The first-order valence-corrected chi connectivity index (χ1v) is 4.35. The van der Waals surface area contributed by atoms with Crippen LogP contribution in [0, 0.1) is 5.92 Å². The fourth-order valence-corrected chi connectivity index (χ4v) is 0.645. The summed E-state index contributed by atoms with van der Waals surface area (Å²) in [7, 11) is 0. The number of carbonyl (C=O) groups is 3. The highest BCUT2D eigenvalue weighted by Crippen LogP contribution is 1.97. The van der Waals surface area contributed by atoms with Gasteiger partial charge in [0.05, 0.1) is 13.0 Å².